The van der Waals surface area contributed by atoms with Crippen LogP contribution in [-0.2, 0) is 0 Å². The van der Waals surface area contributed by atoms with Gasteiger partial charge in [0, 0.05) is 6.54 Å². The van der Waals surface area contributed by atoms with E-state index in [1.165, 1.54) is 25.7 Å². The molecule has 96 valence electrons. The van der Waals surface area contributed by atoms with E-state index in [0.29, 0.717) is 5.92 Å². The van der Waals surface area contributed by atoms with Crippen LogP contribution in [0.1, 0.15) is 59.3 Å². The lowest BCUT2D eigenvalue weighted by Crippen LogP contribution is -2.39. The second-order valence-corrected chi connectivity index (χ2v) is 6.21. The van der Waals surface area contributed by atoms with Crippen LogP contribution in [0.5, 0.6) is 0 Å². The van der Waals surface area contributed by atoms with Crippen LogP contribution in [0, 0.1) is 11.8 Å². The largest absolute Gasteiger partial charge is 0.389 e. The number of rotatable bonds is 7. The molecular formula is C14H29NO. The van der Waals surface area contributed by atoms with E-state index in [1.807, 2.05) is 6.92 Å². The molecule has 2 heteroatoms. The highest BCUT2D eigenvalue weighted by Crippen LogP contribution is 2.24. The van der Waals surface area contributed by atoms with Crippen LogP contribution < -0.4 is 5.32 Å². The molecule has 1 atom stereocenters. The third-order valence-corrected chi connectivity index (χ3v) is 3.67. The summed E-state index contributed by atoms with van der Waals surface area (Å²) in [6, 6.07) is 0. The summed E-state index contributed by atoms with van der Waals surface area (Å²) in [6.07, 6.45) is 7.56. The van der Waals surface area contributed by atoms with Crippen LogP contribution in [0.2, 0.25) is 0 Å². The number of hydrogen-bond acceptors (Lipinski definition) is 2. The molecule has 0 bridgehead atoms. The Hall–Kier alpha value is -0.0800. The highest BCUT2D eigenvalue weighted by Gasteiger charge is 2.21. The highest BCUT2D eigenvalue weighted by atomic mass is 16.3. The average molecular weight is 227 g/mol. The molecule has 1 unspecified atom stereocenters. The topological polar surface area (TPSA) is 32.3 Å². The smallest absolute Gasteiger partial charge is 0.0743 e. The molecule has 0 radical (unpaired) electrons. The molecule has 0 aromatic carbocycles. The van der Waals surface area contributed by atoms with Gasteiger partial charge in [-0.25, -0.2) is 0 Å². The van der Waals surface area contributed by atoms with E-state index in [0.717, 1.165) is 31.8 Å². The van der Waals surface area contributed by atoms with Gasteiger partial charge in [-0.15, -0.1) is 0 Å². The van der Waals surface area contributed by atoms with Gasteiger partial charge in [0.25, 0.3) is 0 Å². The summed E-state index contributed by atoms with van der Waals surface area (Å²) >= 11 is 0. The Morgan fingerprint density at radius 3 is 2.50 bits per heavy atom. The van der Waals surface area contributed by atoms with E-state index >= 15 is 0 Å². The number of nitrogens with one attached hydrogen (secondary N) is 1. The molecule has 0 aliphatic heterocycles. The minimum atomic E-state index is -0.525. The lowest BCUT2D eigenvalue weighted by Gasteiger charge is -2.25. The van der Waals surface area contributed by atoms with Gasteiger partial charge in [0.1, 0.15) is 0 Å². The Balaban J connectivity index is 2.09. The van der Waals surface area contributed by atoms with Crippen molar-refractivity contribution in [1.29, 1.82) is 0 Å². The van der Waals surface area contributed by atoms with Gasteiger partial charge in [-0.1, -0.05) is 26.7 Å². The fourth-order valence-corrected chi connectivity index (χ4v) is 2.45. The zero-order chi connectivity index (χ0) is 12.0. The summed E-state index contributed by atoms with van der Waals surface area (Å²) in [5, 5.41) is 13.6. The van der Waals surface area contributed by atoms with Gasteiger partial charge in [0.15, 0.2) is 0 Å². The summed E-state index contributed by atoms with van der Waals surface area (Å²) in [4.78, 5) is 0. The Morgan fingerprint density at radius 1 is 1.31 bits per heavy atom. The highest BCUT2D eigenvalue weighted by molar-refractivity contribution is 4.78. The lowest BCUT2D eigenvalue weighted by atomic mass is 9.95. The van der Waals surface area contributed by atoms with Crippen LogP contribution in [-0.4, -0.2) is 23.8 Å². The van der Waals surface area contributed by atoms with Crippen LogP contribution >= 0.6 is 0 Å². The number of hydrogen-bond donors (Lipinski definition) is 2. The van der Waals surface area contributed by atoms with Gasteiger partial charge in [0.2, 0.25) is 0 Å². The zero-order valence-electron chi connectivity index (χ0n) is 11.3. The van der Waals surface area contributed by atoms with Gasteiger partial charge in [-0.05, 0) is 51.0 Å². The van der Waals surface area contributed by atoms with E-state index in [2.05, 4.69) is 19.2 Å². The van der Waals surface area contributed by atoms with Crippen molar-refractivity contribution in [3.8, 4) is 0 Å². The monoisotopic (exact) mass is 227 g/mol. The fourth-order valence-electron chi connectivity index (χ4n) is 2.45. The van der Waals surface area contributed by atoms with Gasteiger partial charge >= 0.3 is 0 Å². The quantitative estimate of drug-likeness (QED) is 0.701. The molecule has 1 fully saturated rings. The first-order chi connectivity index (χ1) is 7.49. The maximum atomic E-state index is 10.2. The number of aliphatic hydroxyl groups is 1. The van der Waals surface area contributed by atoms with E-state index < -0.39 is 5.60 Å². The van der Waals surface area contributed by atoms with Crippen LogP contribution in [0.3, 0.4) is 0 Å². The van der Waals surface area contributed by atoms with Crippen LogP contribution in [0.4, 0.5) is 0 Å². The molecule has 16 heavy (non-hydrogen) atoms. The van der Waals surface area contributed by atoms with Crippen molar-refractivity contribution in [3.05, 3.63) is 0 Å². The van der Waals surface area contributed by atoms with Gasteiger partial charge in [-0.3, -0.25) is 0 Å². The van der Waals surface area contributed by atoms with E-state index in [4.69, 9.17) is 0 Å². The third-order valence-electron chi connectivity index (χ3n) is 3.67. The summed E-state index contributed by atoms with van der Waals surface area (Å²) < 4.78 is 0. The molecule has 1 aliphatic carbocycles. The van der Waals surface area contributed by atoms with Crippen LogP contribution in [0.15, 0.2) is 0 Å². The SMILES string of the molecule is CC(C)CCC(C)(O)CNCC1CCCC1. The zero-order valence-corrected chi connectivity index (χ0v) is 11.3. The third kappa shape index (κ3) is 5.86. The summed E-state index contributed by atoms with van der Waals surface area (Å²) in [7, 11) is 0. The molecule has 2 nitrogen and oxygen atoms in total. The van der Waals surface area contributed by atoms with Crippen LogP contribution in [0.25, 0.3) is 0 Å². The minimum Gasteiger partial charge on any atom is -0.389 e. The van der Waals surface area contributed by atoms with Gasteiger partial charge < -0.3 is 10.4 Å². The van der Waals surface area contributed by atoms with Crippen molar-refractivity contribution in [2.45, 2.75) is 64.9 Å². The molecule has 1 aliphatic rings. The summed E-state index contributed by atoms with van der Waals surface area (Å²) in [6.45, 7) is 8.22. The van der Waals surface area contributed by atoms with Crippen molar-refractivity contribution in [3.63, 3.8) is 0 Å². The Kier molecular flexibility index (Phi) is 5.77. The molecule has 1 rings (SSSR count). The fraction of sp³-hybridized carbons (Fsp3) is 1.00. The first-order valence-electron chi connectivity index (χ1n) is 6.93. The molecule has 0 aromatic rings. The van der Waals surface area contributed by atoms with Crippen molar-refractivity contribution < 1.29 is 5.11 Å². The molecular weight excluding hydrogens is 198 g/mol. The maximum absolute atomic E-state index is 10.2. The molecule has 0 aromatic heterocycles. The summed E-state index contributed by atoms with van der Waals surface area (Å²) in [5.41, 5.74) is -0.525. The predicted molar refractivity (Wildman–Crippen MR) is 69.5 cm³/mol. The normalized spacial score (nSPS) is 21.6. The molecule has 2 N–H and O–H groups in total. The lowest BCUT2D eigenvalue weighted by molar-refractivity contribution is 0.0446. The maximum Gasteiger partial charge on any atom is 0.0743 e. The second kappa shape index (κ2) is 6.61. The van der Waals surface area contributed by atoms with Crippen molar-refractivity contribution in [1.82, 2.24) is 5.32 Å². The molecule has 1 saturated carbocycles. The van der Waals surface area contributed by atoms with Gasteiger partial charge in [0.05, 0.1) is 5.60 Å². The van der Waals surface area contributed by atoms with E-state index in [9.17, 15) is 5.11 Å². The molecule has 0 saturated heterocycles. The predicted octanol–water partition coefficient (Wildman–Crippen LogP) is 2.95. The van der Waals surface area contributed by atoms with E-state index in [-0.39, 0.29) is 0 Å². The molecule has 0 spiro atoms. The standard InChI is InChI=1S/C14H29NO/c1-12(2)8-9-14(3,16)11-15-10-13-6-4-5-7-13/h12-13,15-16H,4-11H2,1-3H3. The Labute approximate surface area is 101 Å². The average Bonchev–Trinajstić information content (AvgIpc) is 2.68. The van der Waals surface area contributed by atoms with Gasteiger partial charge in [-0.2, -0.15) is 0 Å². The molecule has 0 heterocycles. The van der Waals surface area contributed by atoms with Crippen molar-refractivity contribution >= 4 is 0 Å². The first kappa shape index (κ1) is 14.0. The van der Waals surface area contributed by atoms with Crippen molar-refractivity contribution in [2.75, 3.05) is 13.1 Å². The Morgan fingerprint density at radius 2 is 1.94 bits per heavy atom. The van der Waals surface area contributed by atoms with E-state index in [1.54, 1.807) is 0 Å². The van der Waals surface area contributed by atoms with Crippen molar-refractivity contribution in [2.24, 2.45) is 11.8 Å². The summed E-state index contributed by atoms with van der Waals surface area (Å²) in [5.74, 6) is 1.54. The Bertz CT molecular complexity index is 183. The first-order valence-corrected chi connectivity index (χ1v) is 6.93. The second-order valence-electron chi connectivity index (χ2n) is 6.21. The molecule has 0 amide bonds. The minimum absolute atomic E-state index is 0.525.